The second-order valence-corrected chi connectivity index (χ2v) is 6.88. The van der Waals surface area contributed by atoms with E-state index in [1.54, 1.807) is 7.11 Å². The van der Waals surface area contributed by atoms with E-state index in [9.17, 15) is 4.79 Å². The SMILES string of the molecule is CNC1CCN(C(=O)C2(c3cccc(OC)c3)CCCC2)CC1. The molecule has 0 radical (unpaired) electrons. The fraction of sp³-hybridized carbons (Fsp3) is 0.632. The van der Waals surface area contributed by atoms with E-state index in [0.29, 0.717) is 11.9 Å². The van der Waals surface area contributed by atoms with Crippen LogP contribution >= 0.6 is 0 Å². The third-order valence-corrected chi connectivity index (χ3v) is 5.68. The number of benzene rings is 1. The first-order valence-electron chi connectivity index (χ1n) is 8.81. The van der Waals surface area contributed by atoms with Gasteiger partial charge in [0.05, 0.1) is 12.5 Å². The summed E-state index contributed by atoms with van der Waals surface area (Å²) in [6.07, 6.45) is 6.30. The van der Waals surface area contributed by atoms with Crippen LogP contribution in [-0.2, 0) is 10.2 Å². The normalized spacial score (nSPS) is 21.4. The van der Waals surface area contributed by atoms with Crippen LogP contribution in [0.5, 0.6) is 5.75 Å². The lowest BCUT2D eigenvalue weighted by molar-refractivity contribution is -0.138. The zero-order chi connectivity index (χ0) is 16.3. The van der Waals surface area contributed by atoms with Crippen molar-refractivity contribution in [2.24, 2.45) is 0 Å². The maximum atomic E-state index is 13.4. The molecule has 1 aromatic carbocycles. The fourth-order valence-electron chi connectivity index (χ4n) is 4.20. The van der Waals surface area contributed by atoms with E-state index in [-0.39, 0.29) is 5.41 Å². The average molecular weight is 316 g/mol. The van der Waals surface area contributed by atoms with Gasteiger partial charge in [0, 0.05) is 19.1 Å². The Morgan fingerprint density at radius 2 is 1.96 bits per heavy atom. The summed E-state index contributed by atoms with van der Waals surface area (Å²) in [6, 6.07) is 8.68. The van der Waals surface area contributed by atoms with Gasteiger partial charge in [-0.15, -0.1) is 0 Å². The van der Waals surface area contributed by atoms with E-state index in [2.05, 4.69) is 22.3 Å². The van der Waals surface area contributed by atoms with Gasteiger partial charge in [0.15, 0.2) is 0 Å². The molecule has 23 heavy (non-hydrogen) atoms. The van der Waals surface area contributed by atoms with Gasteiger partial charge in [0.25, 0.3) is 0 Å². The monoisotopic (exact) mass is 316 g/mol. The van der Waals surface area contributed by atoms with E-state index >= 15 is 0 Å². The number of nitrogens with one attached hydrogen (secondary N) is 1. The number of carbonyl (C=O) groups excluding carboxylic acids is 1. The lowest BCUT2D eigenvalue weighted by atomic mass is 9.77. The van der Waals surface area contributed by atoms with Gasteiger partial charge in [-0.1, -0.05) is 25.0 Å². The minimum absolute atomic E-state index is 0.331. The number of rotatable bonds is 4. The van der Waals surface area contributed by atoms with Crippen LogP contribution in [0.15, 0.2) is 24.3 Å². The molecule has 2 aliphatic rings. The highest BCUT2D eigenvalue weighted by atomic mass is 16.5. The lowest BCUT2D eigenvalue weighted by Gasteiger charge is -2.39. The predicted molar refractivity (Wildman–Crippen MR) is 91.8 cm³/mol. The second kappa shape index (κ2) is 6.91. The number of piperidine rings is 1. The van der Waals surface area contributed by atoms with Gasteiger partial charge >= 0.3 is 0 Å². The Bertz CT molecular complexity index is 544. The summed E-state index contributed by atoms with van der Waals surface area (Å²) in [6.45, 7) is 1.74. The summed E-state index contributed by atoms with van der Waals surface area (Å²) in [5.74, 6) is 1.17. The van der Waals surface area contributed by atoms with Crippen molar-refractivity contribution in [3.8, 4) is 5.75 Å². The molecular formula is C19H28N2O2. The Morgan fingerprint density at radius 3 is 2.57 bits per heavy atom. The van der Waals surface area contributed by atoms with Gasteiger partial charge in [-0.3, -0.25) is 4.79 Å². The third kappa shape index (κ3) is 3.09. The number of hydrogen-bond donors (Lipinski definition) is 1. The molecule has 4 nitrogen and oxygen atoms in total. The van der Waals surface area contributed by atoms with Gasteiger partial charge in [0.1, 0.15) is 5.75 Å². The van der Waals surface area contributed by atoms with Crippen molar-refractivity contribution in [1.29, 1.82) is 0 Å². The van der Waals surface area contributed by atoms with Crippen LogP contribution in [0.2, 0.25) is 0 Å². The smallest absolute Gasteiger partial charge is 0.233 e. The number of amides is 1. The molecule has 0 aromatic heterocycles. The van der Waals surface area contributed by atoms with E-state index in [1.165, 1.54) is 0 Å². The number of carbonyl (C=O) groups is 1. The molecule has 0 bridgehead atoms. The molecule has 1 aliphatic heterocycles. The average Bonchev–Trinajstić information content (AvgIpc) is 3.12. The topological polar surface area (TPSA) is 41.6 Å². The van der Waals surface area contributed by atoms with Crippen LogP contribution in [0, 0.1) is 0 Å². The largest absolute Gasteiger partial charge is 0.497 e. The maximum Gasteiger partial charge on any atom is 0.233 e. The first kappa shape index (κ1) is 16.3. The van der Waals surface area contributed by atoms with Crippen LogP contribution in [0.25, 0.3) is 0 Å². The van der Waals surface area contributed by atoms with E-state index in [0.717, 1.165) is 62.9 Å². The van der Waals surface area contributed by atoms with Crippen LogP contribution in [0.1, 0.15) is 44.1 Å². The molecule has 1 saturated heterocycles. The highest BCUT2D eigenvalue weighted by molar-refractivity contribution is 5.89. The Labute approximate surface area is 139 Å². The molecule has 0 unspecified atom stereocenters. The fourth-order valence-corrected chi connectivity index (χ4v) is 4.20. The Morgan fingerprint density at radius 1 is 1.26 bits per heavy atom. The van der Waals surface area contributed by atoms with Crippen molar-refractivity contribution < 1.29 is 9.53 Å². The molecule has 1 aliphatic carbocycles. The minimum Gasteiger partial charge on any atom is -0.497 e. The Balaban J connectivity index is 1.84. The summed E-state index contributed by atoms with van der Waals surface area (Å²) >= 11 is 0. The number of hydrogen-bond acceptors (Lipinski definition) is 3. The molecule has 4 heteroatoms. The number of likely N-dealkylation sites (tertiary alicyclic amines) is 1. The summed E-state index contributed by atoms with van der Waals surface area (Å²) in [5.41, 5.74) is 0.802. The lowest BCUT2D eigenvalue weighted by Crippen LogP contribution is -2.50. The molecule has 3 rings (SSSR count). The predicted octanol–water partition coefficient (Wildman–Crippen LogP) is 2.72. The first-order valence-corrected chi connectivity index (χ1v) is 8.81. The molecule has 126 valence electrons. The number of ether oxygens (including phenoxy) is 1. The zero-order valence-electron chi connectivity index (χ0n) is 14.3. The molecule has 1 aromatic rings. The minimum atomic E-state index is -0.332. The Kier molecular flexibility index (Phi) is 4.90. The molecule has 2 fully saturated rings. The summed E-state index contributed by atoms with van der Waals surface area (Å²) in [4.78, 5) is 15.5. The zero-order valence-corrected chi connectivity index (χ0v) is 14.3. The van der Waals surface area contributed by atoms with Crippen molar-refractivity contribution >= 4 is 5.91 Å². The second-order valence-electron chi connectivity index (χ2n) is 6.88. The standard InChI is InChI=1S/C19H28N2O2/c1-20-16-8-12-21(13-9-16)18(22)19(10-3-4-11-19)15-6-5-7-17(14-15)23-2/h5-7,14,16,20H,3-4,8-13H2,1-2H3. The van der Waals surface area contributed by atoms with Gasteiger partial charge < -0.3 is 15.0 Å². The van der Waals surface area contributed by atoms with Crippen LogP contribution in [0.4, 0.5) is 0 Å². The van der Waals surface area contributed by atoms with E-state index < -0.39 is 0 Å². The van der Waals surface area contributed by atoms with Crippen LogP contribution in [0.3, 0.4) is 0 Å². The molecule has 0 atom stereocenters. The molecule has 0 spiro atoms. The number of methoxy groups -OCH3 is 1. The summed E-state index contributed by atoms with van der Waals surface area (Å²) < 4.78 is 5.38. The van der Waals surface area contributed by atoms with Crippen LogP contribution < -0.4 is 10.1 Å². The van der Waals surface area contributed by atoms with Crippen molar-refractivity contribution in [3.05, 3.63) is 29.8 Å². The highest BCUT2D eigenvalue weighted by Gasteiger charge is 2.45. The van der Waals surface area contributed by atoms with Crippen molar-refractivity contribution in [2.75, 3.05) is 27.2 Å². The van der Waals surface area contributed by atoms with Crippen LogP contribution in [-0.4, -0.2) is 44.1 Å². The molecule has 1 heterocycles. The van der Waals surface area contributed by atoms with Crippen molar-refractivity contribution in [2.45, 2.75) is 50.0 Å². The van der Waals surface area contributed by atoms with Gasteiger partial charge in [-0.25, -0.2) is 0 Å². The summed E-state index contributed by atoms with van der Waals surface area (Å²) in [7, 11) is 3.70. The first-order chi connectivity index (χ1) is 11.2. The third-order valence-electron chi connectivity index (χ3n) is 5.68. The van der Waals surface area contributed by atoms with Gasteiger partial charge in [-0.05, 0) is 50.4 Å². The Hall–Kier alpha value is -1.55. The van der Waals surface area contributed by atoms with E-state index in [1.807, 2.05) is 19.2 Å². The quantitative estimate of drug-likeness (QED) is 0.928. The van der Waals surface area contributed by atoms with Gasteiger partial charge in [-0.2, -0.15) is 0 Å². The number of nitrogens with zero attached hydrogens (tertiary/aromatic N) is 1. The van der Waals surface area contributed by atoms with Gasteiger partial charge in [0.2, 0.25) is 5.91 Å². The molecule has 1 saturated carbocycles. The van der Waals surface area contributed by atoms with E-state index in [4.69, 9.17) is 4.74 Å². The maximum absolute atomic E-state index is 13.4. The molecular weight excluding hydrogens is 288 g/mol. The van der Waals surface area contributed by atoms with Crippen molar-refractivity contribution in [3.63, 3.8) is 0 Å². The van der Waals surface area contributed by atoms with Crippen molar-refractivity contribution in [1.82, 2.24) is 10.2 Å². The molecule has 1 N–H and O–H groups in total. The molecule has 1 amide bonds. The highest BCUT2D eigenvalue weighted by Crippen LogP contribution is 2.43. The summed E-state index contributed by atoms with van der Waals surface area (Å²) in [5, 5.41) is 3.33.